The van der Waals surface area contributed by atoms with Gasteiger partial charge in [0.25, 0.3) is 0 Å². The van der Waals surface area contributed by atoms with E-state index in [1.165, 1.54) is 19.9 Å². The number of ketones is 1. The molecular formula is C12H13N3O4. The van der Waals surface area contributed by atoms with Crippen LogP contribution in [0.4, 0.5) is 0 Å². The van der Waals surface area contributed by atoms with E-state index in [2.05, 4.69) is 16.0 Å². The van der Waals surface area contributed by atoms with Crippen LogP contribution in [0.15, 0.2) is 23.4 Å². The van der Waals surface area contributed by atoms with Gasteiger partial charge in [-0.05, 0) is 13.0 Å². The molecule has 7 heteroatoms. The van der Waals surface area contributed by atoms with E-state index in [1.54, 1.807) is 6.08 Å². The monoisotopic (exact) mass is 263 g/mol. The molecule has 7 nitrogen and oxygen atoms in total. The summed E-state index contributed by atoms with van der Waals surface area (Å²) < 4.78 is 0. The Morgan fingerprint density at radius 2 is 1.84 bits per heavy atom. The van der Waals surface area contributed by atoms with Crippen molar-refractivity contribution in [2.75, 3.05) is 0 Å². The smallest absolute Gasteiger partial charge is 0.313 e. The third kappa shape index (κ3) is 2.40. The molecule has 1 saturated heterocycles. The third-order valence-corrected chi connectivity index (χ3v) is 2.96. The summed E-state index contributed by atoms with van der Waals surface area (Å²) in [5, 5.41) is 7.53. The second kappa shape index (κ2) is 4.68. The van der Waals surface area contributed by atoms with Crippen molar-refractivity contribution in [2.45, 2.75) is 25.9 Å². The largest absolute Gasteiger partial charge is 0.347 e. The van der Waals surface area contributed by atoms with Crippen LogP contribution in [-0.4, -0.2) is 35.6 Å². The van der Waals surface area contributed by atoms with Crippen molar-refractivity contribution in [3.8, 4) is 0 Å². The minimum atomic E-state index is -0.790. The van der Waals surface area contributed by atoms with Crippen LogP contribution in [0.2, 0.25) is 0 Å². The Balaban J connectivity index is 2.38. The summed E-state index contributed by atoms with van der Waals surface area (Å²) in [5.41, 5.74) is 0.828. The number of rotatable bonds is 2. The zero-order valence-corrected chi connectivity index (χ0v) is 10.4. The molecule has 19 heavy (non-hydrogen) atoms. The normalized spacial score (nSPS) is 25.4. The van der Waals surface area contributed by atoms with E-state index in [0.717, 1.165) is 0 Å². The van der Waals surface area contributed by atoms with Crippen molar-refractivity contribution in [1.82, 2.24) is 16.0 Å². The quantitative estimate of drug-likeness (QED) is 0.528. The van der Waals surface area contributed by atoms with Gasteiger partial charge in [-0.2, -0.15) is 0 Å². The number of carbonyl (C=O) groups is 4. The topological polar surface area (TPSA) is 104 Å². The van der Waals surface area contributed by atoms with Gasteiger partial charge in [0.1, 0.15) is 0 Å². The number of fused-ring (bicyclic) bond motifs is 1. The van der Waals surface area contributed by atoms with Crippen LogP contribution >= 0.6 is 0 Å². The minimum absolute atomic E-state index is 0.208. The van der Waals surface area contributed by atoms with Gasteiger partial charge in [0, 0.05) is 18.2 Å². The van der Waals surface area contributed by atoms with Crippen LogP contribution in [0.25, 0.3) is 0 Å². The van der Waals surface area contributed by atoms with Crippen molar-refractivity contribution in [1.29, 1.82) is 0 Å². The number of amides is 3. The van der Waals surface area contributed by atoms with Gasteiger partial charge < -0.3 is 16.0 Å². The first kappa shape index (κ1) is 13.0. The number of allylic oxidation sites excluding steroid dienone is 2. The molecule has 3 amide bonds. The fraction of sp³-hybridized carbons (Fsp3) is 0.333. The number of Topliss-reactive ketones (excluding diaryl/α,β-unsaturated/α-hetero) is 1. The average Bonchev–Trinajstić information content (AvgIpc) is 2.30. The van der Waals surface area contributed by atoms with Crippen LogP contribution in [-0.2, 0) is 19.2 Å². The number of nitrogens with one attached hydrogen (secondary N) is 3. The van der Waals surface area contributed by atoms with Crippen LogP contribution in [0, 0.1) is 0 Å². The average molecular weight is 263 g/mol. The van der Waals surface area contributed by atoms with E-state index in [0.29, 0.717) is 11.3 Å². The van der Waals surface area contributed by atoms with Crippen LogP contribution in [0.5, 0.6) is 0 Å². The summed E-state index contributed by atoms with van der Waals surface area (Å²) >= 11 is 0. The SMILES string of the molecule is CC(=O)NC1C(C(C)=O)=CC=C2NC(=O)C(=O)NC21. The molecule has 1 aliphatic heterocycles. The van der Waals surface area contributed by atoms with Gasteiger partial charge in [0.15, 0.2) is 5.78 Å². The van der Waals surface area contributed by atoms with Gasteiger partial charge in [-0.25, -0.2) is 0 Å². The zero-order valence-electron chi connectivity index (χ0n) is 10.4. The second-order valence-corrected chi connectivity index (χ2v) is 4.38. The number of hydrogen-bond donors (Lipinski definition) is 3. The van der Waals surface area contributed by atoms with Crippen LogP contribution < -0.4 is 16.0 Å². The second-order valence-electron chi connectivity index (χ2n) is 4.38. The predicted octanol–water partition coefficient (Wildman–Crippen LogP) is -1.48. The molecule has 0 aromatic heterocycles. The number of piperazine rings is 1. The molecule has 0 bridgehead atoms. The Bertz CT molecular complexity index is 547. The highest BCUT2D eigenvalue weighted by Gasteiger charge is 2.39. The van der Waals surface area contributed by atoms with Crippen molar-refractivity contribution >= 4 is 23.5 Å². The molecule has 3 N–H and O–H groups in total. The molecule has 1 aliphatic carbocycles. The molecule has 2 unspecified atom stereocenters. The highest BCUT2D eigenvalue weighted by molar-refractivity contribution is 6.36. The zero-order chi connectivity index (χ0) is 14.2. The lowest BCUT2D eigenvalue weighted by Gasteiger charge is -2.36. The third-order valence-electron chi connectivity index (χ3n) is 2.96. The molecule has 1 fully saturated rings. The van der Waals surface area contributed by atoms with Crippen molar-refractivity contribution in [3.63, 3.8) is 0 Å². The standard InChI is InChI=1S/C12H13N3O4/c1-5(16)7-3-4-8-10(9(7)13-6(2)17)15-12(19)11(18)14-8/h3-4,9-10H,1-2H3,(H,13,17)(H,14,18)(H,15,19). The van der Waals surface area contributed by atoms with Gasteiger partial charge in [0.2, 0.25) is 5.91 Å². The molecule has 0 saturated carbocycles. The summed E-state index contributed by atoms with van der Waals surface area (Å²) in [4.78, 5) is 45.4. The fourth-order valence-electron chi connectivity index (χ4n) is 2.14. The summed E-state index contributed by atoms with van der Waals surface area (Å²) in [5.74, 6) is -2.09. The first-order valence-corrected chi connectivity index (χ1v) is 5.72. The Morgan fingerprint density at radius 1 is 1.16 bits per heavy atom. The lowest BCUT2D eigenvalue weighted by Crippen LogP contribution is -2.63. The van der Waals surface area contributed by atoms with E-state index in [-0.39, 0.29) is 11.7 Å². The molecule has 2 atom stereocenters. The molecule has 1 heterocycles. The van der Waals surface area contributed by atoms with E-state index >= 15 is 0 Å². The summed E-state index contributed by atoms with van der Waals surface area (Å²) in [7, 11) is 0. The molecule has 100 valence electrons. The highest BCUT2D eigenvalue weighted by Crippen LogP contribution is 2.21. The summed E-state index contributed by atoms with van der Waals surface area (Å²) in [6, 6.07) is -1.32. The molecule has 2 aliphatic rings. The van der Waals surface area contributed by atoms with E-state index in [9.17, 15) is 19.2 Å². The van der Waals surface area contributed by atoms with Crippen LogP contribution in [0.3, 0.4) is 0 Å². The molecule has 0 radical (unpaired) electrons. The maximum absolute atomic E-state index is 11.6. The molecule has 0 aromatic rings. The van der Waals surface area contributed by atoms with Gasteiger partial charge in [-0.3, -0.25) is 19.2 Å². The molecule has 2 rings (SSSR count). The lowest BCUT2D eigenvalue weighted by atomic mass is 9.88. The van der Waals surface area contributed by atoms with Crippen molar-refractivity contribution in [2.24, 2.45) is 0 Å². The Morgan fingerprint density at radius 3 is 2.42 bits per heavy atom. The van der Waals surface area contributed by atoms with E-state index in [4.69, 9.17) is 0 Å². The van der Waals surface area contributed by atoms with E-state index in [1.807, 2.05) is 0 Å². The Kier molecular flexibility index (Phi) is 3.20. The maximum Gasteiger partial charge on any atom is 0.313 e. The summed E-state index contributed by atoms with van der Waals surface area (Å²) in [6.45, 7) is 2.70. The van der Waals surface area contributed by atoms with E-state index < -0.39 is 23.9 Å². The Labute approximate surface area is 109 Å². The molecular weight excluding hydrogens is 250 g/mol. The van der Waals surface area contributed by atoms with Gasteiger partial charge in [0.05, 0.1) is 12.1 Å². The van der Waals surface area contributed by atoms with Crippen molar-refractivity contribution < 1.29 is 19.2 Å². The highest BCUT2D eigenvalue weighted by atomic mass is 16.2. The molecule has 0 spiro atoms. The van der Waals surface area contributed by atoms with Gasteiger partial charge in [-0.15, -0.1) is 0 Å². The van der Waals surface area contributed by atoms with Crippen molar-refractivity contribution in [3.05, 3.63) is 23.4 Å². The first-order valence-electron chi connectivity index (χ1n) is 5.72. The first-order chi connectivity index (χ1) is 8.90. The number of hydrogen-bond acceptors (Lipinski definition) is 4. The summed E-state index contributed by atoms with van der Waals surface area (Å²) in [6.07, 6.45) is 3.09. The number of carbonyl (C=O) groups excluding carboxylic acids is 4. The minimum Gasteiger partial charge on any atom is -0.347 e. The van der Waals surface area contributed by atoms with Crippen LogP contribution in [0.1, 0.15) is 13.8 Å². The predicted molar refractivity (Wildman–Crippen MR) is 64.5 cm³/mol. The van der Waals surface area contributed by atoms with Gasteiger partial charge in [-0.1, -0.05) is 6.08 Å². The molecule has 0 aromatic carbocycles. The fourth-order valence-corrected chi connectivity index (χ4v) is 2.14. The Hall–Kier alpha value is -2.44. The lowest BCUT2D eigenvalue weighted by molar-refractivity contribution is -0.140. The van der Waals surface area contributed by atoms with Gasteiger partial charge >= 0.3 is 11.8 Å². The maximum atomic E-state index is 11.6.